The fourth-order valence-electron chi connectivity index (χ4n) is 4.36. The van der Waals surface area contributed by atoms with Crippen LogP contribution < -0.4 is 15.0 Å². The summed E-state index contributed by atoms with van der Waals surface area (Å²) in [4.78, 5) is 21.8. The average Bonchev–Trinajstić information content (AvgIpc) is 3.11. The number of benzene rings is 2. The number of carbonyl (C=O) groups excluding carboxylic acids is 1. The van der Waals surface area contributed by atoms with Crippen molar-refractivity contribution in [3.63, 3.8) is 0 Å². The highest BCUT2D eigenvalue weighted by Gasteiger charge is 2.23. The third kappa shape index (κ3) is 5.23. The minimum Gasteiger partial charge on any atom is -0.492 e. The van der Waals surface area contributed by atoms with Crippen molar-refractivity contribution in [1.82, 2.24) is 9.88 Å². The van der Waals surface area contributed by atoms with Gasteiger partial charge in [0, 0.05) is 31.6 Å². The SMILES string of the molecule is CCCc1ccc2nc(N3CCCN(C(=O)Nc4ccccc4OCC)CC3)c(C#N)cc2c1. The molecule has 0 aliphatic carbocycles. The normalized spacial score (nSPS) is 13.9. The standard InChI is InChI=1S/C27H31N5O2/c1-3-8-20-11-12-23-21(17-20)18-22(19-28)26(29-23)31-13-7-14-32(16-15-31)27(33)30-24-9-5-6-10-25(24)34-4-2/h5-6,9-12,17-18H,3-4,7-8,13-16H2,1-2H3,(H,30,33). The van der Waals surface area contributed by atoms with Crippen molar-refractivity contribution in [2.24, 2.45) is 0 Å². The number of rotatable bonds is 6. The number of amides is 2. The lowest BCUT2D eigenvalue weighted by molar-refractivity contribution is 0.215. The molecule has 7 nitrogen and oxygen atoms in total. The van der Waals surface area contributed by atoms with Gasteiger partial charge in [-0.1, -0.05) is 31.5 Å². The van der Waals surface area contributed by atoms with Gasteiger partial charge in [-0.3, -0.25) is 0 Å². The monoisotopic (exact) mass is 457 g/mol. The number of fused-ring (bicyclic) bond motifs is 1. The van der Waals surface area contributed by atoms with Gasteiger partial charge in [0.15, 0.2) is 0 Å². The molecule has 1 fully saturated rings. The number of pyridine rings is 1. The molecule has 1 saturated heterocycles. The minimum atomic E-state index is -0.149. The molecule has 2 heterocycles. The fourth-order valence-corrected chi connectivity index (χ4v) is 4.36. The lowest BCUT2D eigenvalue weighted by atomic mass is 10.1. The number of anilines is 2. The van der Waals surface area contributed by atoms with Gasteiger partial charge in [-0.2, -0.15) is 5.26 Å². The number of para-hydroxylation sites is 2. The zero-order chi connectivity index (χ0) is 23.9. The quantitative estimate of drug-likeness (QED) is 0.550. The molecule has 1 aliphatic rings. The number of ether oxygens (including phenoxy) is 1. The average molecular weight is 458 g/mol. The summed E-state index contributed by atoms with van der Waals surface area (Å²) < 4.78 is 5.63. The zero-order valence-electron chi connectivity index (χ0n) is 19.9. The van der Waals surface area contributed by atoms with Crippen LogP contribution in [0.25, 0.3) is 10.9 Å². The first-order valence-electron chi connectivity index (χ1n) is 12.0. The third-order valence-corrected chi connectivity index (χ3v) is 6.03. The van der Waals surface area contributed by atoms with E-state index in [9.17, 15) is 10.1 Å². The van der Waals surface area contributed by atoms with E-state index in [1.807, 2.05) is 48.2 Å². The van der Waals surface area contributed by atoms with E-state index in [2.05, 4.69) is 35.3 Å². The first kappa shape index (κ1) is 23.4. The van der Waals surface area contributed by atoms with Gasteiger partial charge in [-0.15, -0.1) is 0 Å². The molecule has 0 saturated carbocycles. The van der Waals surface area contributed by atoms with Crippen LogP contribution in [0.15, 0.2) is 48.5 Å². The Morgan fingerprint density at radius 1 is 1.12 bits per heavy atom. The maximum atomic E-state index is 13.0. The van der Waals surface area contributed by atoms with E-state index in [1.165, 1.54) is 5.56 Å². The van der Waals surface area contributed by atoms with E-state index in [-0.39, 0.29) is 6.03 Å². The number of aromatic nitrogens is 1. The molecule has 2 aromatic carbocycles. The van der Waals surface area contributed by atoms with E-state index in [0.29, 0.717) is 49.1 Å². The Balaban J connectivity index is 1.49. The van der Waals surface area contributed by atoms with E-state index in [4.69, 9.17) is 9.72 Å². The Hall–Kier alpha value is -3.79. The second-order valence-corrected chi connectivity index (χ2v) is 8.44. The van der Waals surface area contributed by atoms with Crippen molar-refractivity contribution in [3.8, 4) is 11.8 Å². The van der Waals surface area contributed by atoms with Crippen LogP contribution >= 0.6 is 0 Å². The molecule has 0 bridgehead atoms. The first-order chi connectivity index (χ1) is 16.6. The highest BCUT2D eigenvalue weighted by Crippen LogP contribution is 2.27. The molecular formula is C27H31N5O2. The summed E-state index contributed by atoms with van der Waals surface area (Å²) in [6.45, 7) is 7.14. The molecule has 0 atom stereocenters. The van der Waals surface area contributed by atoms with Crippen LogP contribution in [0.3, 0.4) is 0 Å². The van der Waals surface area contributed by atoms with Gasteiger partial charge in [-0.05, 0) is 55.7 Å². The molecule has 34 heavy (non-hydrogen) atoms. The Morgan fingerprint density at radius 2 is 1.97 bits per heavy atom. The van der Waals surface area contributed by atoms with Crippen LogP contribution in [0, 0.1) is 11.3 Å². The maximum Gasteiger partial charge on any atom is 0.322 e. The summed E-state index contributed by atoms with van der Waals surface area (Å²) in [5, 5.41) is 13.8. The Labute approximate surface area is 201 Å². The van der Waals surface area contributed by atoms with Gasteiger partial charge < -0.3 is 19.9 Å². The predicted octanol–water partition coefficient (Wildman–Crippen LogP) is 5.20. The number of nitrogens with zero attached hydrogens (tertiary/aromatic N) is 4. The molecule has 7 heteroatoms. The molecule has 176 valence electrons. The molecule has 0 spiro atoms. The number of nitrogens with one attached hydrogen (secondary N) is 1. The second-order valence-electron chi connectivity index (χ2n) is 8.44. The molecule has 3 aromatic rings. The third-order valence-electron chi connectivity index (χ3n) is 6.03. The van der Waals surface area contributed by atoms with Crippen LogP contribution in [0.5, 0.6) is 5.75 Å². The smallest absolute Gasteiger partial charge is 0.322 e. The molecular weight excluding hydrogens is 426 g/mol. The minimum absolute atomic E-state index is 0.149. The van der Waals surface area contributed by atoms with E-state index in [1.54, 1.807) is 0 Å². The lowest BCUT2D eigenvalue weighted by Gasteiger charge is -2.24. The summed E-state index contributed by atoms with van der Waals surface area (Å²) in [6.07, 6.45) is 2.89. The molecule has 2 amide bonds. The van der Waals surface area contributed by atoms with Crippen LogP contribution in [0.2, 0.25) is 0 Å². The highest BCUT2D eigenvalue weighted by atomic mass is 16.5. The summed E-state index contributed by atoms with van der Waals surface area (Å²) in [7, 11) is 0. The topological polar surface area (TPSA) is 81.5 Å². The number of urea groups is 1. The predicted molar refractivity (Wildman–Crippen MR) is 135 cm³/mol. The van der Waals surface area contributed by atoms with Crippen molar-refractivity contribution in [1.29, 1.82) is 5.26 Å². The largest absolute Gasteiger partial charge is 0.492 e. The van der Waals surface area contributed by atoms with Crippen LogP contribution in [-0.2, 0) is 6.42 Å². The van der Waals surface area contributed by atoms with Crippen molar-refractivity contribution >= 4 is 28.4 Å². The molecule has 1 aliphatic heterocycles. The van der Waals surface area contributed by atoms with Crippen LogP contribution in [0.4, 0.5) is 16.3 Å². The van der Waals surface area contributed by atoms with Gasteiger partial charge in [0.25, 0.3) is 0 Å². The molecule has 1 aromatic heterocycles. The Bertz CT molecular complexity index is 1200. The van der Waals surface area contributed by atoms with Gasteiger partial charge in [0.2, 0.25) is 0 Å². The Kier molecular flexibility index (Phi) is 7.48. The number of hydrogen-bond donors (Lipinski definition) is 1. The summed E-state index contributed by atoms with van der Waals surface area (Å²) in [5.74, 6) is 1.36. The van der Waals surface area contributed by atoms with Gasteiger partial charge >= 0.3 is 6.03 Å². The molecule has 0 radical (unpaired) electrons. The van der Waals surface area contributed by atoms with E-state index < -0.39 is 0 Å². The van der Waals surface area contributed by atoms with Gasteiger partial charge in [0.1, 0.15) is 17.6 Å². The van der Waals surface area contributed by atoms with E-state index in [0.717, 1.165) is 36.7 Å². The van der Waals surface area contributed by atoms with E-state index >= 15 is 0 Å². The first-order valence-corrected chi connectivity index (χ1v) is 12.0. The zero-order valence-corrected chi connectivity index (χ0v) is 19.9. The number of nitriles is 1. The number of carbonyl (C=O) groups is 1. The summed E-state index contributed by atoms with van der Waals surface area (Å²) >= 11 is 0. The highest BCUT2D eigenvalue weighted by molar-refractivity contribution is 5.91. The van der Waals surface area contributed by atoms with Crippen molar-refractivity contribution in [2.45, 2.75) is 33.1 Å². The fraction of sp³-hybridized carbons (Fsp3) is 0.370. The maximum absolute atomic E-state index is 13.0. The lowest BCUT2D eigenvalue weighted by Crippen LogP contribution is -2.38. The summed E-state index contributed by atoms with van der Waals surface area (Å²) in [5.41, 5.74) is 3.39. The molecule has 1 N–H and O–H groups in total. The number of aryl methyl sites for hydroxylation is 1. The molecule has 0 unspecified atom stereocenters. The van der Waals surface area contributed by atoms with Crippen LogP contribution in [0.1, 0.15) is 37.8 Å². The van der Waals surface area contributed by atoms with Crippen LogP contribution in [-0.4, -0.2) is 48.7 Å². The number of hydrogen-bond acceptors (Lipinski definition) is 5. The second kappa shape index (κ2) is 10.9. The van der Waals surface area contributed by atoms with Gasteiger partial charge in [-0.25, -0.2) is 9.78 Å². The summed E-state index contributed by atoms with van der Waals surface area (Å²) in [6, 6.07) is 17.9. The van der Waals surface area contributed by atoms with Crippen molar-refractivity contribution in [3.05, 3.63) is 59.7 Å². The molecule has 4 rings (SSSR count). The van der Waals surface area contributed by atoms with Crippen molar-refractivity contribution < 1.29 is 9.53 Å². The Morgan fingerprint density at radius 3 is 2.76 bits per heavy atom. The van der Waals surface area contributed by atoms with Gasteiger partial charge in [0.05, 0.1) is 23.4 Å². The van der Waals surface area contributed by atoms with Crippen molar-refractivity contribution in [2.75, 3.05) is 43.0 Å².